The summed E-state index contributed by atoms with van der Waals surface area (Å²) in [6.07, 6.45) is 3.92. The third-order valence-corrected chi connectivity index (χ3v) is 3.09. The Labute approximate surface area is 93.3 Å². The second-order valence-electron chi connectivity index (χ2n) is 3.38. The molecular weight excluding hydrogens is 206 g/mol. The molecule has 4 heteroatoms. The predicted molar refractivity (Wildman–Crippen MR) is 63.6 cm³/mol. The van der Waals surface area contributed by atoms with E-state index in [2.05, 4.69) is 11.2 Å². The van der Waals surface area contributed by atoms with Crippen molar-refractivity contribution in [3.8, 4) is 0 Å². The van der Waals surface area contributed by atoms with E-state index in [9.17, 15) is 0 Å². The summed E-state index contributed by atoms with van der Waals surface area (Å²) in [5.74, 6) is 0.928. The highest BCUT2D eigenvalue weighted by Crippen LogP contribution is 2.23. The number of nitrogen functional groups attached to an aromatic ring is 1. The molecule has 0 fully saturated rings. The minimum Gasteiger partial charge on any atom is -0.399 e. The van der Waals surface area contributed by atoms with Crippen LogP contribution in [0, 0.1) is 0 Å². The normalized spacial score (nSPS) is 10.5. The topological polar surface area (TPSA) is 43.8 Å². The zero-order valence-corrected chi connectivity index (χ0v) is 9.37. The van der Waals surface area contributed by atoms with E-state index in [1.54, 1.807) is 11.8 Å². The van der Waals surface area contributed by atoms with Gasteiger partial charge in [0.25, 0.3) is 0 Å². The summed E-state index contributed by atoms with van der Waals surface area (Å²) in [5.41, 5.74) is 7.74. The zero-order valence-electron chi connectivity index (χ0n) is 8.55. The zero-order chi connectivity index (χ0) is 10.7. The van der Waals surface area contributed by atoms with Crippen molar-refractivity contribution in [1.82, 2.24) is 9.78 Å². The van der Waals surface area contributed by atoms with Crippen LogP contribution in [0.25, 0.3) is 0 Å². The number of thioether (sulfide) groups is 1. The van der Waals surface area contributed by atoms with Crippen molar-refractivity contribution in [3.05, 3.63) is 42.2 Å². The average Bonchev–Trinajstić information content (AvgIpc) is 2.62. The second kappa shape index (κ2) is 4.40. The van der Waals surface area contributed by atoms with Crippen molar-refractivity contribution in [2.24, 2.45) is 7.05 Å². The Hall–Kier alpha value is -1.42. The first kappa shape index (κ1) is 10.1. The number of nitrogens with zero attached hydrogens (tertiary/aromatic N) is 2. The maximum atomic E-state index is 5.70. The summed E-state index contributed by atoms with van der Waals surface area (Å²) >= 11 is 1.77. The lowest BCUT2D eigenvalue weighted by Gasteiger charge is -2.00. The van der Waals surface area contributed by atoms with Crippen LogP contribution in [0.1, 0.15) is 5.56 Å². The van der Waals surface area contributed by atoms with Crippen molar-refractivity contribution in [1.29, 1.82) is 0 Å². The van der Waals surface area contributed by atoms with Crippen molar-refractivity contribution < 1.29 is 0 Å². The van der Waals surface area contributed by atoms with Gasteiger partial charge in [-0.25, -0.2) is 0 Å². The minimum absolute atomic E-state index is 0.811. The Bertz CT molecular complexity index is 451. The number of hydrogen-bond donors (Lipinski definition) is 1. The summed E-state index contributed by atoms with van der Waals surface area (Å²) in [4.78, 5) is 1.19. The monoisotopic (exact) mass is 219 g/mol. The third-order valence-electron chi connectivity index (χ3n) is 2.02. The summed E-state index contributed by atoms with van der Waals surface area (Å²) in [5, 5.41) is 4.13. The quantitative estimate of drug-likeness (QED) is 0.636. The number of nitrogens with two attached hydrogens (primary N) is 1. The molecule has 0 aliphatic carbocycles. The van der Waals surface area contributed by atoms with Crippen LogP contribution >= 0.6 is 11.8 Å². The molecule has 0 aliphatic rings. The molecule has 2 rings (SSSR count). The van der Waals surface area contributed by atoms with Gasteiger partial charge in [-0.15, -0.1) is 11.8 Å². The van der Waals surface area contributed by atoms with Gasteiger partial charge in [0.2, 0.25) is 0 Å². The van der Waals surface area contributed by atoms with Gasteiger partial charge in [0, 0.05) is 35.1 Å². The first-order valence-corrected chi connectivity index (χ1v) is 5.68. The van der Waals surface area contributed by atoms with Crippen LogP contribution in [-0.4, -0.2) is 9.78 Å². The first-order valence-electron chi connectivity index (χ1n) is 4.70. The average molecular weight is 219 g/mol. The molecule has 0 unspecified atom stereocenters. The largest absolute Gasteiger partial charge is 0.399 e. The molecule has 1 aromatic heterocycles. The number of aryl methyl sites for hydroxylation is 1. The molecule has 0 bridgehead atoms. The maximum Gasteiger partial charge on any atom is 0.0530 e. The van der Waals surface area contributed by atoms with E-state index in [-0.39, 0.29) is 0 Å². The fourth-order valence-corrected chi connectivity index (χ4v) is 2.19. The molecule has 2 aromatic rings. The van der Waals surface area contributed by atoms with Gasteiger partial charge >= 0.3 is 0 Å². The number of anilines is 1. The fourth-order valence-electron chi connectivity index (χ4n) is 1.32. The summed E-state index contributed by atoms with van der Waals surface area (Å²) in [6, 6.07) is 7.92. The van der Waals surface area contributed by atoms with E-state index in [4.69, 9.17) is 5.73 Å². The molecule has 0 saturated heterocycles. The molecule has 2 N–H and O–H groups in total. The highest BCUT2D eigenvalue weighted by Gasteiger charge is 1.98. The van der Waals surface area contributed by atoms with E-state index < -0.39 is 0 Å². The van der Waals surface area contributed by atoms with Gasteiger partial charge < -0.3 is 5.73 Å². The lowest BCUT2D eigenvalue weighted by Crippen LogP contribution is -1.85. The van der Waals surface area contributed by atoms with E-state index in [0.717, 1.165) is 11.4 Å². The lowest BCUT2D eigenvalue weighted by molar-refractivity contribution is 0.767. The van der Waals surface area contributed by atoms with Gasteiger partial charge in [-0.3, -0.25) is 4.68 Å². The minimum atomic E-state index is 0.811. The molecule has 0 radical (unpaired) electrons. The molecule has 0 atom stereocenters. The van der Waals surface area contributed by atoms with Crippen molar-refractivity contribution >= 4 is 17.4 Å². The van der Waals surface area contributed by atoms with E-state index in [1.807, 2.05) is 42.3 Å². The smallest absolute Gasteiger partial charge is 0.0530 e. The summed E-state index contributed by atoms with van der Waals surface area (Å²) in [7, 11) is 1.93. The molecule has 0 saturated carbocycles. The van der Waals surface area contributed by atoms with E-state index in [0.29, 0.717) is 0 Å². The number of benzene rings is 1. The van der Waals surface area contributed by atoms with Gasteiger partial charge in [-0.05, 0) is 18.2 Å². The molecule has 3 nitrogen and oxygen atoms in total. The molecule has 0 spiro atoms. The van der Waals surface area contributed by atoms with E-state index >= 15 is 0 Å². The van der Waals surface area contributed by atoms with Gasteiger partial charge in [0.15, 0.2) is 0 Å². The maximum absolute atomic E-state index is 5.70. The van der Waals surface area contributed by atoms with Crippen LogP contribution in [0.15, 0.2) is 41.6 Å². The first-order chi connectivity index (χ1) is 7.24. The Kier molecular flexibility index (Phi) is 2.97. The second-order valence-corrected chi connectivity index (χ2v) is 4.43. The molecule has 1 heterocycles. The van der Waals surface area contributed by atoms with Gasteiger partial charge in [-0.2, -0.15) is 5.10 Å². The SMILES string of the molecule is Cn1cc(CSc2cccc(N)c2)cn1. The van der Waals surface area contributed by atoms with Crippen molar-refractivity contribution in [2.45, 2.75) is 10.6 Å². The fraction of sp³-hybridized carbons (Fsp3) is 0.182. The summed E-state index contributed by atoms with van der Waals surface area (Å²) < 4.78 is 1.81. The summed E-state index contributed by atoms with van der Waals surface area (Å²) in [6.45, 7) is 0. The Morgan fingerprint density at radius 2 is 2.33 bits per heavy atom. The Morgan fingerprint density at radius 3 is 3.00 bits per heavy atom. The van der Waals surface area contributed by atoms with Crippen LogP contribution in [0.5, 0.6) is 0 Å². The number of rotatable bonds is 3. The predicted octanol–water partition coefficient (Wildman–Crippen LogP) is 2.29. The van der Waals surface area contributed by atoms with E-state index in [1.165, 1.54) is 10.5 Å². The van der Waals surface area contributed by atoms with Crippen LogP contribution < -0.4 is 5.73 Å². The molecular formula is C11H13N3S. The molecule has 0 aliphatic heterocycles. The molecule has 1 aromatic carbocycles. The Morgan fingerprint density at radius 1 is 1.47 bits per heavy atom. The molecule has 78 valence electrons. The number of hydrogen-bond acceptors (Lipinski definition) is 3. The standard InChI is InChI=1S/C11H13N3S/c1-14-7-9(6-13-14)8-15-11-4-2-3-10(12)5-11/h2-7H,8,12H2,1H3. The highest BCUT2D eigenvalue weighted by molar-refractivity contribution is 7.98. The van der Waals surface area contributed by atoms with Gasteiger partial charge in [0.05, 0.1) is 6.20 Å². The molecule has 15 heavy (non-hydrogen) atoms. The van der Waals surface area contributed by atoms with Gasteiger partial charge in [0.1, 0.15) is 0 Å². The van der Waals surface area contributed by atoms with Crippen LogP contribution in [0.2, 0.25) is 0 Å². The van der Waals surface area contributed by atoms with Crippen LogP contribution in [0.4, 0.5) is 5.69 Å². The Balaban J connectivity index is 1.99. The lowest BCUT2D eigenvalue weighted by atomic mass is 10.3. The highest BCUT2D eigenvalue weighted by atomic mass is 32.2. The third kappa shape index (κ3) is 2.76. The molecule has 0 amide bonds. The van der Waals surface area contributed by atoms with Crippen molar-refractivity contribution in [3.63, 3.8) is 0 Å². The van der Waals surface area contributed by atoms with Crippen LogP contribution in [-0.2, 0) is 12.8 Å². The number of aromatic nitrogens is 2. The van der Waals surface area contributed by atoms with Gasteiger partial charge in [-0.1, -0.05) is 6.07 Å². The van der Waals surface area contributed by atoms with Crippen molar-refractivity contribution in [2.75, 3.05) is 5.73 Å². The van der Waals surface area contributed by atoms with Crippen LogP contribution in [0.3, 0.4) is 0 Å².